The van der Waals surface area contributed by atoms with E-state index in [-0.39, 0.29) is 0 Å². The van der Waals surface area contributed by atoms with E-state index >= 15 is 0 Å². The summed E-state index contributed by atoms with van der Waals surface area (Å²) in [5.74, 6) is 0. The number of benzene rings is 6. The average Bonchev–Trinajstić information content (AvgIpc) is 3.43. The summed E-state index contributed by atoms with van der Waals surface area (Å²) in [6.07, 6.45) is 0. The second kappa shape index (κ2) is 7.41. The Labute approximate surface area is 209 Å². The number of rotatable bonds is 2. The third kappa shape index (κ3) is 2.70. The SMILES string of the molecule is c1ccc(C2=c3cc4ccccc4cc3=C3C2=c2cc4ccccc4cc2=C3c2ccccc2)cc1. The summed E-state index contributed by atoms with van der Waals surface area (Å²) in [5.41, 5.74) is 7.96. The molecule has 0 nitrogen and oxygen atoms in total. The molecule has 0 heteroatoms. The number of fused-ring (bicyclic) bond motifs is 5. The van der Waals surface area contributed by atoms with Crippen molar-refractivity contribution in [2.75, 3.05) is 0 Å². The minimum atomic E-state index is 1.27. The third-order valence-corrected chi connectivity index (χ3v) is 7.72. The van der Waals surface area contributed by atoms with Gasteiger partial charge in [-0.3, -0.25) is 0 Å². The molecule has 0 fully saturated rings. The topological polar surface area (TPSA) is 0 Å². The molecule has 2 aliphatic rings. The Morgan fingerprint density at radius 2 is 0.528 bits per heavy atom. The zero-order chi connectivity index (χ0) is 23.6. The standard InChI is InChI=1S/C36H22/c1-3-11-23(12-4-1)33-29-19-25-15-7-9-17-27(25)21-31(29)36-34(24-13-5-2-6-14-24)30-20-26-16-8-10-18-28(26)22-32(30)35(33)36/h1-22H. The smallest absolute Gasteiger partial charge is 0.000740 e. The van der Waals surface area contributed by atoms with E-state index in [4.69, 9.17) is 0 Å². The van der Waals surface area contributed by atoms with Crippen molar-refractivity contribution in [2.45, 2.75) is 0 Å². The molecule has 8 rings (SSSR count). The molecule has 36 heavy (non-hydrogen) atoms. The van der Waals surface area contributed by atoms with Crippen molar-refractivity contribution in [3.05, 3.63) is 165 Å². The Morgan fingerprint density at radius 1 is 0.250 bits per heavy atom. The second-order valence-electron chi connectivity index (χ2n) is 9.72. The van der Waals surface area contributed by atoms with E-state index in [1.165, 1.54) is 75.8 Å². The second-order valence-corrected chi connectivity index (χ2v) is 9.72. The summed E-state index contributed by atoms with van der Waals surface area (Å²) in [6, 6.07) is 48.9. The molecule has 0 amide bonds. The molecule has 0 heterocycles. The van der Waals surface area contributed by atoms with E-state index < -0.39 is 0 Å². The van der Waals surface area contributed by atoms with Gasteiger partial charge in [0.1, 0.15) is 0 Å². The monoisotopic (exact) mass is 454 g/mol. The van der Waals surface area contributed by atoms with Crippen molar-refractivity contribution in [3.8, 4) is 0 Å². The Morgan fingerprint density at radius 3 is 0.861 bits per heavy atom. The van der Waals surface area contributed by atoms with Gasteiger partial charge in [-0.1, -0.05) is 109 Å². The first-order valence-electron chi connectivity index (χ1n) is 12.5. The lowest BCUT2D eigenvalue weighted by Crippen LogP contribution is -2.28. The Hall–Kier alpha value is -4.68. The Kier molecular flexibility index (Phi) is 4.03. The van der Waals surface area contributed by atoms with E-state index in [2.05, 4.69) is 133 Å². The van der Waals surface area contributed by atoms with Crippen LogP contribution in [-0.2, 0) is 0 Å². The zero-order valence-electron chi connectivity index (χ0n) is 19.7. The van der Waals surface area contributed by atoms with Gasteiger partial charge in [0.25, 0.3) is 0 Å². The molecule has 0 saturated carbocycles. The van der Waals surface area contributed by atoms with Crippen LogP contribution in [0.1, 0.15) is 11.1 Å². The van der Waals surface area contributed by atoms with Gasteiger partial charge < -0.3 is 0 Å². The van der Waals surface area contributed by atoms with Gasteiger partial charge in [-0.25, -0.2) is 0 Å². The highest BCUT2D eigenvalue weighted by molar-refractivity contribution is 6.31. The van der Waals surface area contributed by atoms with Crippen molar-refractivity contribution < 1.29 is 0 Å². The first kappa shape index (κ1) is 19.6. The first-order chi connectivity index (χ1) is 17.9. The molecule has 0 aliphatic heterocycles. The van der Waals surface area contributed by atoms with Crippen molar-refractivity contribution in [2.24, 2.45) is 0 Å². The van der Waals surface area contributed by atoms with Gasteiger partial charge in [0.15, 0.2) is 0 Å². The molecule has 0 bridgehead atoms. The maximum absolute atomic E-state index is 2.41. The molecule has 0 aromatic heterocycles. The molecule has 166 valence electrons. The first-order valence-corrected chi connectivity index (χ1v) is 12.5. The predicted octanol–water partition coefficient (Wildman–Crippen LogP) is 5.42. The third-order valence-electron chi connectivity index (χ3n) is 7.72. The lowest BCUT2D eigenvalue weighted by molar-refractivity contribution is 1.50. The summed E-state index contributed by atoms with van der Waals surface area (Å²) in [7, 11) is 0. The van der Waals surface area contributed by atoms with Crippen LogP contribution in [0.15, 0.2) is 133 Å². The van der Waals surface area contributed by atoms with Crippen LogP contribution < -0.4 is 20.9 Å². The summed E-state index contributed by atoms with van der Waals surface area (Å²) >= 11 is 0. The van der Waals surface area contributed by atoms with Gasteiger partial charge in [0.05, 0.1) is 0 Å². The van der Waals surface area contributed by atoms with E-state index in [1.807, 2.05) is 0 Å². The van der Waals surface area contributed by atoms with Crippen LogP contribution in [0.3, 0.4) is 0 Å². The van der Waals surface area contributed by atoms with E-state index in [9.17, 15) is 0 Å². The van der Waals surface area contributed by atoms with Gasteiger partial charge in [0.2, 0.25) is 0 Å². The minimum Gasteiger partial charge on any atom is -0.0622 e. The van der Waals surface area contributed by atoms with Crippen LogP contribution in [0.2, 0.25) is 0 Å². The summed E-state index contributed by atoms with van der Waals surface area (Å²) < 4.78 is 0. The van der Waals surface area contributed by atoms with Crippen LogP contribution in [0.4, 0.5) is 0 Å². The molecule has 0 radical (unpaired) electrons. The van der Waals surface area contributed by atoms with E-state index in [0.717, 1.165) is 0 Å². The quantitative estimate of drug-likeness (QED) is 0.328. The Balaban J connectivity index is 1.66. The van der Waals surface area contributed by atoms with Gasteiger partial charge in [0, 0.05) is 0 Å². The van der Waals surface area contributed by atoms with Crippen LogP contribution in [-0.4, -0.2) is 0 Å². The molecule has 0 unspecified atom stereocenters. The average molecular weight is 455 g/mol. The number of hydrogen-bond donors (Lipinski definition) is 0. The molecular formula is C36H22. The maximum Gasteiger partial charge on any atom is -0.000740 e. The lowest BCUT2D eigenvalue weighted by Gasteiger charge is -2.11. The molecule has 0 saturated heterocycles. The molecule has 0 spiro atoms. The van der Waals surface area contributed by atoms with Gasteiger partial charge in [-0.2, -0.15) is 0 Å². The van der Waals surface area contributed by atoms with Gasteiger partial charge in [-0.05, 0) is 100 Å². The van der Waals surface area contributed by atoms with Crippen molar-refractivity contribution in [1.29, 1.82) is 0 Å². The highest BCUT2D eigenvalue weighted by Gasteiger charge is 2.30. The zero-order valence-corrected chi connectivity index (χ0v) is 19.7. The molecule has 6 aromatic carbocycles. The summed E-state index contributed by atoms with van der Waals surface area (Å²) in [4.78, 5) is 0. The van der Waals surface area contributed by atoms with Crippen LogP contribution in [0.5, 0.6) is 0 Å². The molecule has 6 aromatic rings. The van der Waals surface area contributed by atoms with E-state index in [0.29, 0.717) is 0 Å². The predicted molar refractivity (Wildman–Crippen MR) is 151 cm³/mol. The maximum atomic E-state index is 2.41. The minimum absolute atomic E-state index is 1.27. The fourth-order valence-corrected chi connectivity index (χ4v) is 6.18. The lowest BCUT2D eigenvalue weighted by atomic mass is 9.92. The highest BCUT2D eigenvalue weighted by atomic mass is 14.3. The van der Waals surface area contributed by atoms with Crippen LogP contribution >= 0.6 is 0 Å². The van der Waals surface area contributed by atoms with Crippen molar-refractivity contribution in [3.63, 3.8) is 0 Å². The summed E-state index contributed by atoms with van der Waals surface area (Å²) in [5, 5.41) is 10.5. The van der Waals surface area contributed by atoms with E-state index in [1.54, 1.807) is 0 Å². The summed E-state index contributed by atoms with van der Waals surface area (Å²) in [6.45, 7) is 0. The number of hydrogen-bond acceptors (Lipinski definition) is 0. The molecule has 2 aliphatic carbocycles. The fourth-order valence-electron chi connectivity index (χ4n) is 6.18. The van der Waals surface area contributed by atoms with Crippen molar-refractivity contribution in [1.82, 2.24) is 0 Å². The largest absolute Gasteiger partial charge is 0.0622 e. The van der Waals surface area contributed by atoms with Crippen LogP contribution in [0.25, 0.3) is 43.8 Å². The van der Waals surface area contributed by atoms with Crippen LogP contribution in [0, 0.1) is 0 Å². The molecule has 0 atom stereocenters. The van der Waals surface area contributed by atoms with Gasteiger partial charge in [-0.15, -0.1) is 0 Å². The van der Waals surface area contributed by atoms with Crippen molar-refractivity contribution >= 4 is 43.8 Å². The van der Waals surface area contributed by atoms with Gasteiger partial charge >= 0.3 is 0 Å². The highest BCUT2D eigenvalue weighted by Crippen LogP contribution is 2.39. The molecular weight excluding hydrogens is 432 g/mol. The molecule has 0 N–H and O–H groups in total. The fraction of sp³-hybridized carbons (Fsp3) is 0. The Bertz CT molecular complexity index is 1960. The normalized spacial score (nSPS) is 13.9.